The predicted molar refractivity (Wildman–Crippen MR) is 81.1 cm³/mol. The lowest BCUT2D eigenvalue weighted by molar-refractivity contribution is -0.138. The van der Waals surface area contributed by atoms with Gasteiger partial charge >= 0.3 is 0 Å². The van der Waals surface area contributed by atoms with Crippen LogP contribution in [0.15, 0.2) is 24.4 Å². The lowest BCUT2D eigenvalue weighted by atomic mass is 9.93. The summed E-state index contributed by atoms with van der Waals surface area (Å²) < 4.78 is 4.55. The third-order valence-corrected chi connectivity index (χ3v) is 2.99. The number of pyridine rings is 1. The van der Waals surface area contributed by atoms with Gasteiger partial charge < -0.3 is 10.1 Å². The standard InChI is InChI=1S/C11H14N2O.C5H10O2/c14-11(9-4-3-6-12-8-9)10-5-1-2-7-13-10;1-5(2,3)7-4-6/h1-2,5,7,9,12H,3-4,6,8H2;4H,1-3H3. The quantitative estimate of drug-likeness (QED) is 0.683. The molecule has 1 aliphatic heterocycles. The Morgan fingerprint density at radius 2 is 2.19 bits per heavy atom. The van der Waals surface area contributed by atoms with Gasteiger partial charge in [0.05, 0.1) is 0 Å². The van der Waals surface area contributed by atoms with Crippen LogP contribution in [0.5, 0.6) is 0 Å². The summed E-state index contributed by atoms with van der Waals surface area (Å²) in [6, 6.07) is 5.48. The Hall–Kier alpha value is -1.75. The number of Topliss-reactive ketones (excluding diaryl/α,β-unsaturated/α-hetero) is 1. The van der Waals surface area contributed by atoms with Crippen molar-refractivity contribution < 1.29 is 14.3 Å². The first-order valence-electron chi connectivity index (χ1n) is 7.21. The molecule has 21 heavy (non-hydrogen) atoms. The number of nitrogens with one attached hydrogen (secondary N) is 1. The van der Waals surface area contributed by atoms with E-state index < -0.39 is 0 Å². The number of carbonyl (C=O) groups excluding carboxylic acids is 2. The van der Waals surface area contributed by atoms with Gasteiger partial charge in [0, 0.05) is 18.7 Å². The van der Waals surface area contributed by atoms with Crippen molar-refractivity contribution in [1.82, 2.24) is 10.3 Å². The highest BCUT2D eigenvalue weighted by Gasteiger charge is 2.22. The first kappa shape index (κ1) is 17.3. The van der Waals surface area contributed by atoms with E-state index in [2.05, 4.69) is 15.0 Å². The highest BCUT2D eigenvalue weighted by atomic mass is 16.5. The smallest absolute Gasteiger partial charge is 0.293 e. The van der Waals surface area contributed by atoms with Gasteiger partial charge in [-0.05, 0) is 52.3 Å². The molecular formula is C16H24N2O3. The van der Waals surface area contributed by atoms with Crippen molar-refractivity contribution in [1.29, 1.82) is 0 Å². The summed E-state index contributed by atoms with van der Waals surface area (Å²) in [6.07, 6.45) is 3.75. The number of hydrogen-bond donors (Lipinski definition) is 1. The van der Waals surface area contributed by atoms with Crippen LogP contribution in [0.25, 0.3) is 0 Å². The van der Waals surface area contributed by atoms with Gasteiger partial charge in [0.25, 0.3) is 6.47 Å². The van der Waals surface area contributed by atoms with Gasteiger partial charge in [0.2, 0.25) is 0 Å². The van der Waals surface area contributed by atoms with E-state index in [9.17, 15) is 9.59 Å². The molecule has 0 bridgehead atoms. The predicted octanol–water partition coefficient (Wildman–Crippen LogP) is 2.22. The van der Waals surface area contributed by atoms with E-state index in [0.717, 1.165) is 25.9 Å². The van der Waals surface area contributed by atoms with Gasteiger partial charge in [-0.25, -0.2) is 0 Å². The van der Waals surface area contributed by atoms with Crippen LogP contribution in [0.4, 0.5) is 0 Å². The molecule has 0 spiro atoms. The third kappa shape index (κ3) is 6.99. The maximum atomic E-state index is 11.9. The molecule has 0 aromatic carbocycles. The highest BCUT2D eigenvalue weighted by Crippen LogP contribution is 2.14. The Labute approximate surface area is 126 Å². The van der Waals surface area contributed by atoms with E-state index in [1.54, 1.807) is 12.3 Å². The number of piperidine rings is 1. The molecule has 2 rings (SSSR count). The molecule has 1 aromatic rings. The zero-order valence-corrected chi connectivity index (χ0v) is 13.0. The zero-order valence-electron chi connectivity index (χ0n) is 13.0. The average Bonchev–Trinajstić information content (AvgIpc) is 2.48. The first-order valence-corrected chi connectivity index (χ1v) is 7.21. The molecule has 1 aliphatic rings. The summed E-state index contributed by atoms with van der Waals surface area (Å²) in [5.41, 5.74) is 0.281. The molecule has 1 saturated heterocycles. The van der Waals surface area contributed by atoms with E-state index in [4.69, 9.17) is 0 Å². The molecule has 1 aromatic heterocycles. The summed E-state index contributed by atoms with van der Waals surface area (Å²) in [7, 11) is 0. The number of ether oxygens (including phenoxy) is 1. The van der Waals surface area contributed by atoms with E-state index >= 15 is 0 Å². The van der Waals surface area contributed by atoms with Gasteiger partial charge in [-0.1, -0.05) is 6.07 Å². The van der Waals surface area contributed by atoms with Crippen molar-refractivity contribution in [2.75, 3.05) is 13.1 Å². The highest BCUT2D eigenvalue weighted by molar-refractivity contribution is 5.96. The lowest BCUT2D eigenvalue weighted by Crippen LogP contribution is -2.34. The SMILES string of the molecule is CC(C)(C)OC=O.O=C(c1ccccn1)C1CCCNC1. The summed E-state index contributed by atoms with van der Waals surface area (Å²) >= 11 is 0. The van der Waals surface area contributed by atoms with Gasteiger partial charge in [-0.2, -0.15) is 0 Å². The maximum Gasteiger partial charge on any atom is 0.293 e. The minimum absolute atomic E-state index is 0.124. The molecule has 2 heterocycles. The number of nitrogens with zero attached hydrogens (tertiary/aromatic N) is 1. The fourth-order valence-electron chi connectivity index (χ4n) is 1.94. The number of carbonyl (C=O) groups is 2. The summed E-state index contributed by atoms with van der Waals surface area (Å²) in [5, 5.41) is 3.24. The summed E-state index contributed by atoms with van der Waals surface area (Å²) in [4.78, 5) is 25.6. The summed E-state index contributed by atoms with van der Waals surface area (Å²) in [6.45, 7) is 7.76. The molecule has 0 amide bonds. The Kier molecular flexibility index (Phi) is 7.02. The second-order valence-electron chi connectivity index (χ2n) is 5.95. The Morgan fingerprint density at radius 1 is 1.43 bits per heavy atom. The molecule has 5 heteroatoms. The topological polar surface area (TPSA) is 68.3 Å². The van der Waals surface area contributed by atoms with Gasteiger partial charge in [-0.3, -0.25) is 14.6 Å². The molecule has 116 valence electrons. The van der Waals surface area contributed by atoms with Gasteiger partial charge in [0.1, 0.15) is 11.3 Å². The maximum absolute atomic E-state index is 11.9. The zero-order chi connectivity index (χ0) is 15.7. The van der Waals surface area contributed by atoms with E-state index in [1.165, 1.54) is 0 Å². The van der Waals surface area contributed by atoms with Crippen molar-refractivity contribution in [3.8, 4) is 0 Å². The molecular weight excluding hydrogens is 268 g/mol. The van der Waals surface area contributed by atoms with Crippen LogP contribution in [0, 0.1) is 5.92 Å². The Balaban J connectivity index is 0.000000270. The van der Waals surface area contributed by atoms with Crippen molar-refractivity contribution >= 4 is 12.3 Å². The van der Waals surface area contributed by atoms with E-state index in [0.29, 0.717) is 12.2 Å². The minimum atomic E-state index is -0.318. The monoisotopic (exact) mass is 292 g/mol. The molecule has 0 radical (unpaired) electrons. The minimum Gasteiger partial charge on any atom is -0.462 e. The molecule has 5 nitrogen and oxygen atoms in total. The number of hydrogen-bond acceptors (Lipinski definition) is 5. The van der Waals surface area contributed by atoms with Crippen LogP contribution in [0.3, 0.4) is 0 Å². The molecule has 1 N–H and O–H groups in total. The van der Waals surface area contributed by atoms with Crippen LogP contribution in [-0.4, -0.2) is 35.9 Å². The number of rotatable bonds is 3. The molecule has 0 aliphatic carbocycles. The van der Waals surface area contributed by atoms with Crippen molar-refractivity contribution in [2.24, 2.45) is 5.92 Å². The van der Waals surface area contributed by atoms with Crippen molar-refractivity contribution in [3.05, 3.63) is 30.1 Å². The molecule has 1 atom stereocenters. The van der Waals surface area contributed by atoms with Crippen LogP contribution < -0.4 is 5.32 Å². The number of ketones is 1. The third-order valence-electron chi connectivity index (χ3n) is 2.99. The fourth-order valence-corrected chi connectivity index (χ4v) is 1.94. The molecule has 0 saturated carbocycles. The molecule has 1 unspecified atom stereocenters. The first-order chi connectivity index (χ1) is 9.94. The second-order valence-corrected chi connectivity index (χ2v) is 5.95. The van der Waals surface area contributed by atoms with Crippen molar-refractivity contribution in [2.45, 2.75) is 39.2 Å². The van der Waals surface area contributed by atoms with E-state index in [-0.39, 0.29) is 17.3 Å². The van der Waals surface area contributed by atoms with E-state index in [1.807, 2.05) is 32.9 Å². The van der Waals surface area contributed by atoms with Crippen LogP contribution in [0.2, 0.25) is 0 Å². The average molecular weight is 292 g/mol. The van der Waals surface area contributed by atoms with Crippen LogP contribution >= 0.6 is 0 Å². The van der Waals surface area contributed by atoms with Gasteiger partial charge in [0.15, 0.2) is 5.78 Å². The number of aromatic nitrogens is 1. The summed E-state index contributed by atoms with van der Waals surface area (Å²) in [5.74, 6) is 0.302. The largest absolute Gasteiger partial charge is 0.462 e. The molecule has 1 fully saturated rings. The Bertz CT molecular complexity index is 435. The Morgan fingerprint density at radius 3 is 2.62 bits per heavy atom. The lowest BCUT2D eigenvalue weighted by Gasteiger charge is -2.20. The van der Waals surface area contributed by atoms with Gasteiger partial charge in [-0.15, -0.1) is 0 Å². The van der Waals surface area contributed by atoms with Crippen molar-refractivity contribution in [3.63, 3.8) is 0 Å². The fraction of sp³-hybridized carbons (Fsp3) is 0.562. The second kappa shape index (κ2) is 8.52. The normalized spacial score (nSPS) is 18.1. The van der Waals surface area contributed by atoms with Crippen LogP contribution in [0.1, 0.15) is 44.1 Å². The van der Waals surface area contributed by atoms with Crippen LogP contribution in [-0.2, 0) is 9.53 Å².